The van der Waals surface area contributed by atoms with Gasteiger partial charge in [-0.3, -0.25) is 9.80 Å². The topological polar surface area (TPSA) is 24.9 Å². The van der Waals surface area contributed by atoms with Gasteiger partial charge in [-0.2, -0.15) is 0 Å². The average Bonchev–Trinajstić information content (AvgIpc) is 2.75. The van der Waals surface area contributed by atoms with E-state index in [4.69, 9.17) is 9.47 Å². The first-order valence-corrected chi connectivity index (χ1v) is 10.5. The van der Waals surface area contributed by atoms with Crippen LogP contribution in [-0.2, 0) is 19.5 Å². The number of hydrogen-bond acceptors (Lipinski definition) is 4. The number of fused-ring (bicyclic) bond motifs is 1. The first-order chi connectivity index (χ1) is 13.7. The van der Waals surface area contributed by atoms with Crippen molar-refractivity contribution < 1.29 is 9.47 Å². The third kappa shape index (κ3) is 4.50. The van der Waals surface area contributed by atoms with Crippen LogP contribution in [0.5, 0.6) is 11.5 Å². The van der Waals surface area contributed by atoms with Gasteiger partial charge in [0.15, 0.2) is 11.5 Å². The van der Waals surface area contributed by atoms with Crippen LogP contribution in [0.4, 0.5) is 0 Å². The second-order valence-corrected chi connectivity index (χ2v) is 8.16. The van der Waals surface area contributed by atoms with Crippen molar-refractivity contribution >= 4 is 0 Å². The largest absolute Gasteiger partial charge is 0.493 e. The van der Waals surface area contributed by atoms with Crippen molar-refractivity contribution in [1.82, 2.24) is 9.80 Å². The van der Waals surface area contributed by atoms with E-state index in [2.05, 4.69) is 46.2 Å². The van der Waals surface area contributed by atoms with Crippen molar-refractivity contribution in [3.8, 4) is 11.5 Å². The molecule has 1 saturated heterocycles. The van der Waals surface area contributed by atoms with Crippen molar-refractivity contribution in [3.63, 3.8) is 0 Å². The zero-order valence-electron chi connectivity index (χ0n) is 17.2. The summed E-state index contributed by atoms with van der Waals surface area (Å²) in [4.78, 5) is 5.24. The summed E-state index contributed by atoms with van der Waals surface area (Å²) in [5.74, 6) is 2.44. The molecule has 2 aromatic rings. The fourth-order valence-corrected chi connectivity index (χ4v) is 4.64. The maximum Gasteiger partial charge on any atom is 0.161 e. The monoisotopic (exact) mass is 380 g/mol. The van der Waals surface area contributed by atoms with Crippen LogP contribution in [0.2, 0.25) is 0 Å². The minimum atomic E-state index is 0.799. The molecule has 0 bridgehead atoms. The summed E-state index contributed by atoms with van der Waals surface area (Å²) in [6.07, 6.45) is 3.80. The van der Waals surface area contributed by atoms with E-state index in [1.807, 2.05) is 6.07 Å². The molecular weight excluding hydrogens is 348 g/mol. The van der Waals surface area contributed by atoms with E-state index in [0.717, 1.165) is 30.5 Å². The van der Waals surface area contributed by atoms with Crippen molar-refractivity contribution in [2.75, 3.05) is 40.4 Å². The third-order valence-corrected chi connectivity index (χ3v) is 6.29. The summed E-state index contributed by atoms with van der Waals surface area (Å²) >= 11 is 0. The Morgan fingerprint density at radius 2 is 1.61 bits per heavy atom. The van der Waals surface area contributed by atoms with Gasteiger partial charge < -0.3 is 9.47 Å². The average molecular weight is 381 g/mol. The normalized spacial score (nSPS) is 18.6. The van der Waals surface area contributed by atoms with Gasteiger partial charge in [0.1, 0.15) is 0 Å². The molecule has 1 fully saturated rings. The SMILES string of the molecule is COc1ccc(CN2CCC(CN3CCc4ccccc4C3)CC2)cc1OC. The molecule has 2 aliphatic heterocycles. The molecule has 0 aliphatic carbocycles. The maximum absolute atomic E-state index is 5.44. The number of benzene rings is 2. The molecule has 0 spiro atoms. The molecule has 28 heavy (non-hydrogen) atoms. The van der Waals surface area contributed by atoms with Crippen LogP contribution in [0.15, 0.2) is 42.5 Å². The molecule has 2 heterocycles. The second kappa shape index (κ2) is 8.97. The summed E-state index contributed by atoms with van der Waals surface area (Å²) in [6.45, 7) is 6.94. The van der Waals surface area contributed by atoms with Crippen LogP contribution >= 0.6 is 0 Å². The Hall–Kier alpha value is -2.04. The van der Waals surface area contributed by atoms with Gasteiger partial charge in [0, 0.05) is 26.2 Å². The molecule has 0 radical (unpaired) electrons. The van der Waals surface area contributed by atoms with Crippen molar-refractivity contribution in [3.05, 3.63) is 59.2 Å². The number of ether oxygens (including phenoxy) is 2. The number of nitrogens with zero attached hydrogens (tertiary/aromatic N) is 2. The minimum absolute atomic E-state index is 0.799. The van der Waals surface area contributed by atoms with Crippen LogP contribution in [-0.4, -0.2) is 50.2 Å². The number of hydrogen-bond donors (Lipinski definition) is 0. The van der Waals surface area contributed by atoms with E-state index in [1.54, 1.807) is 19.8 Å². The zero-order chi connectivity index (χ0) is 19.3. The van der Waals surface area contributed by atoms with Crippen LogP contribution < -0.4 is 9.47 Å². The number of likely N-dealkylation sites (tertiary alicyclic amines) is 1. The maximum atomic E-state index is 5.44. The summed E-state index contributed by atoms with van der Waals surface area (Å²) in [5.41, 5.74) is 4.37. The second-order valence-electron chi connectivity index (χ2n) is 8.16. The Labute approximate surface area is 169 Å². The van der Waals surface area contributed by atoms with Gasteiger partial charge in [-0.1, -0.05) is 30.3 Å². The third-order valence-electron chi connectivity index (χ3n) is 6.29. The molecule has 0 saturated carbocycles. The molecule has 4 heteroatoms. The van der Waals surface area contributed by atoms with E-state index in [-0.39, 0.29) is 0 Å². The van der Waals surface area contributed by atoms with E-state index in [0.29, 0.717) is 0 Å². The van der Waals surface area contributed by atoms with Gasteiger partial charge in [0.05, 0.1) is 14.2 Å². The highest BCUT2D eigenvalue weighted by atomic mass is 16.5. The van der Waals surface area contributed by atoms with Gasteiger partial charge in [-0.05, 0) is 67.1 Å². The van der Waals surface area contributed by atoms with Crippen LogP contribution in [0.1, 0.15) is 29.5 Å². The molecule has 4 rings (SSSR count). The minimum Gasteiger partial charge on any atom is -0.493 e. The standard InChI is InChI=1S/C24H32N2O2/c1-27-23-8-7-20(15-24(23)28-2)17-25-12-9-19(10-13-25)16-26-14-11-21-5-3-4-6-22(21)18-26/h3-8,15,19H,9-14,16-18H2,1-2H3. The number of piperidine rings is 1. The Kier molecular flexibility index (Phi) is 6.18. The lowest BCUT2D eigenvalue weighted by atomic mass is 9.93. The van der Waals surface area contributed by atoms with E-state index in [9.17, 15) is 0 Å². The lowest BCUT2D eigenvalue weighted by molar-refractivity contribution is 0.132. The fourth-order valence-electron chi connectivity index (χ4n) is 4.64. The van der Waals surface area contributed by atoms with Crippen molar-refractivity contribution in [2.45, 2.75) is 32.4 Å². The first-order valence-electron chi connectivity index (χ1n) is 10.5. The van der Waals surface area contributed by atoms with Crippen LogP contribution in [0, 0.1) is 5.92 Å². The predicted molar refractivity (Wildman–Crippen MR) is 113 cm³/mol. The molecule has 0 amide bonds. The Balaban J connectivity index is 1.26. The van der Waals surface area contributed by atoms with Crippen molar-refractivity contribution in [1.29, 1.82) is 0 Å². The summed E-state index contributed by atoms with van der Waals surface area (Å²) < 4.78 is 10.8. The molecule has 2 aromatic carbocycles. The summed E-state index contributed by atoms with van der Waals surface area (Å²) in [7, 11) is 3.38. The Bertz CT molecular complexity index is 784. The molecule has 4 nitrogen and oxygen atoms in total. The van der Waals surface area contributed by atoms with Gasteiger partial charge in [0.25, 0.3) is 0 Å². The Morgan fingerprint density at radius 3 is 2.36 bits per heavy atom. The summed E-state index contributed by atoms with van der Waals surface area (Å²) in [6, 6.07) is 15.2. The quantitative estimate of drug-likeness (QED) is 0.757. The van der Waals surface area contributed by atoms with Gasteiger partial charge in [-0.25, -0.2) is 0 Å². The summed E-state index contributed by atoms with van der Waals surface area (Å²) in [5, 5.41) is 0. The molecule has 150 valence electrons. The highest BCUT2D eigenvalue weighted by Crippen LogP contribution is 2.29. The molecule has 0 aromatic heterocycles. The predicted octanol–water partition coefficient (Wildman–Crippen LogP) is 3.97. The van der Waals surface area contributed by atoms with E-state index in [1.165, 1.54) is 56.6 Å². The van der Waals surface area contributed by atoms with Gasteiger partial charge in [-0.15, -0.1) is 0 Å². The van der Waals surface area contributed by atoms with E-state index < -0.39 is 0 Å². The lowest BCUT2D eigenvalue weighted by Crippen LogP contribution is -2.40. The van der Waals surface area contributed by atoms with Crippen LogP contribution in [0.25, 0.3) is 0 Å². The molecular formula is C24H32N2O2. The van der Waals surface area contributed by atoms with Crippen molar-refractivity contribution in [2.24, 2.45) is 5.92 Å². The molecule has 0 unspecified atom stereocenters. The molecule has 2 aliphatic rings. The van der Waals surface area contributed by atoms with E-state index >= 15 is 0 Å². The number of rotatable bonds is 6. The Morgan fingerprint density at radius 1 is 0.857 bits per heavy atom. The molecule has 0 atom stereocenters. The zero-order valence-corrected chi connectivity index (χ0v) is 17.2. The first kappa shape index (κ1) is 19.3. The van der Waals surface area contributed by atoms with Gasteiger partial charge in [0.2, 0.25) is 0 Å². The lowest BCUT2D eigenvalue weighted by Gasteiger charge is -2.36. The highest BCUT2D eigenvalue weighted by Gasteiger charge is 2.23. The van der Waals surface area contributed by atoms with Crippen LogP contribution in [0.3, 0.4) is 0 Å². The highest BCUT2D eigenvalue weighted by molar-refractivity contribution is 5.42. The smallest absolute Gasteiger partial charge is 0.161 e. The number of methoxy groups -OCH3 is 2. The van der Waals surface area contributed by atoms with Gasteiger partial charge >= 0.3 is 0 Å². The molecule has 0 N–H and O–H groups in total. The fraction of sp³-hybridized carbons (Fsp3) is 0.500.